The summed E-state index contributed by atoms with van der Waals surface area (Å²) in [6.07, 6.45) is 0. The third-order valence-corrected chi connectivity index (χ3v) is 5.10. The molecule has 1 aliphatic rings. The number of ether oxygens (including phenoxy) is 1. The average molecular weight is 400 g/mol. The van der Waals surface area contributed by atoms with Gasteiger partial charge >= 0.3 is 5.97 Å². The number of esters is 1. The number of nitrogens with one attached hydrogen (secondary N) is 1. The number of hydrogen-bond acceptors (Lipinski definition) is 7. The molecule has 8 nitrogen and oxygen atoms in total. The Balaban J connectivity index is 1.52. The molecule has 9 heteroatoms. The number of nitrogens with zero attached hydrogens (tertiary/aromatic N) is 1. The van der Waals surface area contributed by atoms with Crippen LogP contribution in [0, 0.1) is 0 Å². The van der Waals surface area contributed by atoms with E-state index in [0.29, 0.717) is 11.4 Å². The highest BCUT2D eigenvalue weighted by molar-refractivity contribution is 7.14. The minimum atomic E-state index is -0.849. The van der Waals surface area contributed by atoms with Crippen molar-refractivity contribution in [3.8, 4) is 0 Å². The Kier molecular flexibility index (Phi) is 5.65. The summed E-state index contributed by atoms with van der Waals surface area (Å²) in [5.41, 5.74) is 0.475. The molecule has 144 valence electrons. The van der Waals surface area contributed by atoms with Gasteiger partial charge < -0.3 is 10.1 Å². The predicted molar refractivity (Wildman–Crippen MR) is 98.9 cm³/mol. The number of hydrogen-bond donors (Lipinski definition) is 1. The van der Waals surface area contributed by atoms with Gasteiger partial charge in [0.1, 0.15) is 6.54 Å². The minimum Gasteiger partial charge on any atom is -0.456 e. The maximum atomic E-state index is 12.2. The van der Waals surface area contributed by atoms with Gasteiger partial charge in [0.25, 0.3) is 11.8 Å². The molecule has 0 atom stereocenters. The molecule has 0 saturated heterocycles. The minimum absolute atomic E-state index is 0.177. The number of rotatable bonds is 7. The van der Waals surface area contributed by atoms with Crippen molar-refractivity contribution < 1.29 is 28.7 Å². The Labute approximate surface area is 164 Å². The number of ketones is 1. The molecule has 3 amide bonds. The average Bonchev–Trinajstić information content (AvgIpc) is 3.24. The van der Waals surface area contributed by atoms with Gasteiger partial charge in [-0.1, -0.05) is 12.1 Å². The highest BCUT2D eigenvalue weighted by Gasteiger charge is 2.36. The smallest absolute Gasteiger partial charge is 0.326 e. The second kappa shape index (κ2) is 8.13. The standard InChI is InChI=1S/C19H16N2O6S/c1-11(22)20-8-12-6-7-16(28-12)15(23)10-27-17(24)9-21-18(25)13-4-2-3-5-14(13)19(21)26/h2-7H,8-10H2,1H3,(H,20,22). The highest BCUT2D eigenvalue weighted by atomic mass is 32.1. The van der Waals surface area contributed by atoms with E-state index in [4.69, 9.17) is 4.74 Å². The fourth-order valence-corrected chi connectivity index (χ4v) is 3.48. The zero-order valence-corrected chi connectivity index (χ0v) is 15.7. The van der Waals surface area contributed by atoms with Crippen LogP contribution in [0.5, 0.6) is 0 Å². The third kappa shape index (κ3) is 4.15. The molecular formula is C19H16N2O6S. The molecule has 1 aromatic heterocycles. The fraction of sp³-hybridized carbons (Fsp3) is 0.211. The van der Waals surface area contributed by atoms with E-state index in [1.165, 1.54) is 30.4 Å². The van der Waals surface area contributed by atoms with E-state index in [1.54, 1.807) is 24.3 Å². The quantitative estimate of drug-likeness (QED) is 0.427. The highest BCUT2D eigenvalue weighted by Crippen LogP contribution is 2.22. The lowest BCUT2D eigenvalue weighted by Gasteiger charge is -2.12. The van der Waals surface area contributed by atoms with Crippen LogP contribution in [0.15, 0.2) is 36.4 Å². The van der Waals surface area contributed by atoms with Crippen LogP contribution in [0.2, 0.25) is 0 Å². The Morgan fingerprint density at radius 2 is 1.68 bits per heavy atom. The largest absolute Gasteiger partial charge is 0.456 e. The van der Waals surface area contributed by atoms with Gasteiger partial charge in [0.05, 0.1) is 22.5 Å². The van der Waals surface area contributed by atoms with Crippen LogP contribution < -0.4 is 5.32 Å². The van der Waals surface area contributed by atoms with Gasteiger partial charge in [0.2, 0.25) is 11.7 Å². The monoisotopic (exact) mass is 400 g/mol. The van der Waals surface area contributed by atoms with Crippen LogP contribution in [0.1, 0.15) is 42.2 Å². The van der Waals surface area contributed by atoms with Crippen molar-refractivity contribution in [3.63, 3.8) is 0 Å². The topological polar surface area (TPSA) is 110 Å². The molecule has 1 aliphatic heterocycles. The number of carbonyl (C=O) groups is 5. The summed E-state index contributed by atoms with van der Waals surface area (Å²) in [7, 11) is 0. The van der Waals surface area contributed by atoms with Crippen LogP contribution in [-0.4, -0.2) is 47.5 Å². The summed E-state index contributed by atoms with van der Waals surface area (Å²) in [6, 6.07) is 9.58. The Bertz CT molecular complexity index is 945. The first-order valence-corrected chi connectivity index (χ1v) is 9.15. The summed E-state index contributed by atoms with van der Waals surface area (Å²) in [6.45, 7) is 0.653. The van der Waals surface area contributed by atoms with E-state index in [2.05, 4.69) is 5.32 Å². The number of benzene rings is 1. The van der Waals surface area contributed by atoms with E-state index in [-0.39, 0.29) is 17.0 Å². The molecule has 0 spiro atoms. The summed E-state index contributed by atoms with van der Waals surface area (Å²) < 4.78 is 4.93. The molecule has 28 heavy (non-hydrogen) atoms. The predicted octanol–water partition coefficient (Wildman–Crippen LogP) is 1.41. The van der Waals surface area contributed by atoms with Crippen molar-refractivity contribution >= 4 is 40.8 Å². The molecule has 0 radical (unpaired) electrons. The van der Waals surface area contributed by atoms with Crippen LogP contribution in [0.3, 0.4) is 0 Å². The van der Waals surface area contributed by atoms with Crippen molar-refractivity contribution in [2.75, 3.05) is 13.2 Å². The Morgan fingerprint density at radius 1 is 1.04 bits per heavy atom. The van der Waals surface area contributed by atoms with E-state index in [9.17, 15) is 24.0 Å². The molecule has 3 rings (SSSR count). The summed E-state index contributed by atoms with van der Waals surface area (Å²) >= 11 is 1.19. The fourth-order valence-electron chi connectivity index (χ4n) is 2.61. The number of fused-ring (bicyclic) bond motifs is 1. The maximum absolute atomic E-state index is 12.2. The summed E-state index contributed by atoms with van der Waals surface area (Å²) in [4.78, 5) is 61.5. The lowest BCUT2D eigenvalue weighted by Crippen LogP contribution is -2.36. The normalized spacial score (nSPS) is 12.7. The molecule has 2 aromatic rings. The van der Waals surface area contributed by atoms with E-state index < -0.39 is 36.7 Å². The molecular weight excluding hydrogens is 384 g/mol. The Hall–Kier alpha value is -3.33. The Morgan fingerprint density at radius 3 is 2.29 bits per heavy atom. The molecule has 0 unspecified atom stereocenters. The van der Waals surface area contributed by atoms with Gasteiger partial charge in [-0.05, 0) is 24.3 Å². The van der Waals surface area contributed by atoms with Gasteiger partial charge in [0.15, 0.2) is 6.61 Å². The molecule has 0 fully saturated rings. The van der Waals surface area contributed by atoms with Gasteiger partial charge in [-0.25, -0.2) is 0 Å². The van der Waals surface area contributed by atoms with Crippen LogP contribution >= 0.6 is 11.3 Å². The number of amides is 3. The van der Waals surface area contributed by atoms with Crippen LogP contribution in [0.4, 0.5) is 0 Å². The molecule has 1 N–H and O–H groups in total. The van der Waals surface area contributed by atoms with Crippen molar-refractivity contribution in [1.29, 1.82) is 0 Å². The summed E-state index contributed by atoms with van der Waals surface area (Å²) in [5, 5.41) is 2.63. The number of imide groups is 1. The van der Waals surface area contributed by atoms with Crippen molar-refractivity contribution in [1.82, 2.24) is 10.2 Å². The maximum Gasteiger partial charge on any atom is 0.326 e. The van der Waals surface area contributed by atoms with Gasteiger partial charge in [-0.15, -0.1) is 11.3 Å². The molecule has 2 heterocycles. The lowest BCUT2D eigenvalue weighted by molar-refractivity contribution is -0.142. The van der Waals surface area contributed by atoms with Crippen LogP contribution in [0.25, 0.3) is 0 Å². The first kappa shape index (κ1) is 19.4. The van der Waals surface area contributed by atoms with E-state index in [0.717, 1.165) is 9.78 Å². The van der Waals surface area contributed by atoms with E-state index >= 15 is 0 Å². The van der Waals surface area contributed by atoms with Crippen molar-refractivity contribution in [3.05, 3.63) is 57.3 Å². The number of thiophene rings is 1. The SMILES string of the molecule is CC(=O)NCc1ccc(C(=O)COC(=O)CN2C(=O)c3ccccc3C2=O)s1. The van der Waals surface area contributed by atoms with Crippen molar-refractivity contribution in [2.45, 2.75) is 13.5 Å². The molecule has 0 bridgehead atoms. The van der Waals surface area contributed by atoms with Crippen molar-refractivity contribution in [2.24, 2.45) is 0 Å². The summed E-state index contributed by atoms with van der Waals surface area (Å²) in [5.74, 6) is -2.56. The van der Waals surface area contributed by atoms with Gasteiger partial charge in [-0.2, -0.15) is 0 Å². The molecule has 0 aliphatic carbocycles. The zero-order valence-electron chi connectivity index (χ0n) is 14.9. The van der Waals surface area contributed by atoms with Crippen LogP contribution in [-0.2, 0) is 20.9 Å². The second-order valence-electron chi connectivity index (χ2n) is 6.00. The van der Waals surface area contributed by atoms with Gasteiger partial charge in [0, 0.05) is 11.8 Å². The second-order valence-corrected chi connectivity index (χ2v) is 7.17. The molecule has 1 aromatic carbocycles. The number of Topliss-reactive ketones (excluding diaryl/α,β-unsaturated/α-hetero) is 1. The first-order chi connectivity index (χ1) is 13.4. The third-order valence-electron chi connectivity index (χ3n) is 3.98. The first-order valence-electron chi connectivity index (χ1n) is 8.34. The van der Waals surface area contributed by atoms with Gasteiger partial charge in [-0.3, -0.25) is 28.9 Å². The molecule has 0 saturated carbocycles. The lowest BCUT2D eigenvalue weighted by atomic mass is 10.1. The zero-order chi connectivity index (χ0) is 20.3. The number of carbonyl (C=O) groups excluding carboxylic acids is 5. The van der Waals surface area contributed by atoms with E-state index in [1.807, 2.05) is 0 Å².